The molecule has 0 radical (unpaired) electrons. The quantitative estimate of drug-likeness (QED) is 0.107. The Morgan fingerprint density at radius 1 is 0.741 bits per heavy atom. The van der Waals surface area contributed by atoms with Gasteiger partial charge in [0.25, 0.3) is 0 Å². The summed E-state index contributed by atoms with van der Waals surface area (Å²) in [5.74, 6) is -0.545. The topological polar surface area (TPSA) is 58.6 Å². The number of amides is 1. The summed E-state index contributed by atoms with van der Waals surface area (Å²) >= 11 is 0. The number of unbranched alkanes of at least 4 members (excludes halogenated alkanes) is 11. The highest BCUT2D eigenvalue weighted by atomic mass is 17.2. The molecular formula is C22H43NO4. The van der Waals surface area contributed by atoms with Crippen LogP contribution in [0.15, 0.2) is 12.2 Å². The number of hydrogen-bond donors (Lipinski definition) is 0. The van der Waals surface area contributed by atoms with Gasteiger partial charge in [-0.1, -0.05) is 70.4 Å². The average molecular weight is 386 g/mol. The fourth-order valence-electron chi connectivity index (χ4n) is 3.01. The summed E-state index contributed by atoms with van der Waals surface area (Å²) in [7, 11) is 0. The Morgan fingerprint density at radius 3 is 1.67 bits per heavy atom. The normalized spacial score (nSPS) is 12.1. The van der Waals surface area contributed by atoms with Crippen LogP contribution in [0.4, 0.5) is 0 Å². The first-order valence-corrected chi connectivity index (χ1v) is 11.2. The van der Waals surface area contributed by atoms with E-state index in [1.54, 1.807) is 13.8 Å². The number of quaternary nitrogens is 1. The maximum atomic E-state index is 12.1. The lowest BCUT2D eigenvalue weighted by Crippen LogP contribution is -2.47. The van der Waals surface area contributed by atoms with E-state index in [9.17, 15) is 10.0 Å². The molecule has 160 valence electrons. The van der Waals surface area contributed by atoms with Crippen LogP contribution in [0, 0.1) is 5.21 Å². The van der Waals surface area contributed by atoms with Crippen molar-refractivity contribution in [2.24, 2.45) is 0 Å². The smallest absolute Gasteiger partial charge is 0.379 e. The second-order valence-electron chi connectivity index (χ2n) is 7.06. The number of nitrogens with zero attached hydrogens (tertiary/aromatic N) is 1. The maximum Gasteiger partial charge on any atom is 0.379 e. The molecule has 0 aromatic rings. The zero-order valence-electron chi connectivity index (χ0n) is 18.0. The van der Waals surface area contributed by atoms with Crippen LogP contribution in [0.25, 0.3) is 0 Å². The fourth-order valence-corrected chi connectivity index (χ4v) is 3.01. The number of allylic oxidation sites excluding steroid dienone is 2. The summed E-state index contributed by atoms with van der Waals surface area (Å²) in [5.41, 5.74) is 0. The van der Waals surface area contributed by atoms with E-state index in [0.717, 1.165) is 25.7 Å². The van der Waals surface area contributed by atoms with Gasteiger partial charge in [0.1, 0.15) is 13.2 Å². The molecule has 0 aromatic carbocycles. The molecule has 0 rings (SSSR count). The highest BCUT2D eigenvalue weighted by Crippen LogP contribution is 2.15. The molecule has 0 spiro atoms. The Labute approximate surface area is 167 Å². The number of carbonyl (C=O) groups excluding carboxylic acids is 1. The molecule has 0 atom stereocenters. The van der Waals surface area contributed by atoms with Crippen molar-refractivity contribution in [3.63, 3.8) is 0 Å². The molecule has 0 saturated heterocycles. The summed E-state index contributed by atoms with van der Waals surface area (Å²) in [5, 5.41) is 12.1. The highest BCUT2D eigenvalue weighted by Gasteiger charge is 2.31. The van der Waals surface area contributed by atoms with E-state index in [4.69, 9.17) is 9.68 Å². The number of hydroxylamine groups is 3. The van der Waals surface area contributed by atoms with Crippen LogP contribution in [-0.2, 0) is 14.5 Å². The number of rotatable bonds is 19. The van der Waals surface area contributed by atoms with Crippen molar-refractivity contribution in [3.05, 3.63) is 17.4 Å². The molecule has 0 N–H and O–H groups in total. The van der Waals surface area contributed by atoms with Gasteiger partial charge < -0.3 is 5.21 Å². The average Bonchev–Trinajstić information content (AvgIpc) is 2.65. The first-order valence-electron chi connectivity index (χ1n) is 11.2. The zero-order valence-corrected chi connectivity index (χ0v) is 18.0. The summed E-state index contributed by atoms with van der Waals surface area (Å²) in [6.07, 6.45) is 20.5. The van der Waals surface area contributed by atoms with Crippen LogP contribution >= 0.6 is 0 Å². The molecule has 5 heteroatoms. The Balaban J connectivity index is 3.53. The minimum absolute atomic E-state index is 0.154. The second kappa shape index (κ2) is 18.6. The van der Waals surface area contributed by atoms with E-state index < -0.39 is 10.9 Å². The van der Waals surface area contributed by atoms with Crippen LogP contribution in [-0.4, -0.2) is 24.1 Å². The summed E-state index contributed by atoms with van der Waals surface area (Å²) in [6.45, 7) is 5.92. The van der Waals surface area contributed by atoms with E-state index in [1.807, 2.05) is 0 Å². The molecule has 0 unspecified atom stereocenters. The van der Waals surface area contributed by atoms with Crippen LogP contribution in [0.3, 0.4) is 0 Å². The van der Waals surface area contributed by atoms with Crippen molar-refractivity contribution in [2.45, 2.75) is 111 Å². The number of hydrogen-bond acceptors (Lipinski definition) is 4. The Hall–Kier alpha value is -0.750. The van der Waals surface area contributed by atoms with Gasteiger partial charge in [0.2, 0.25) is 0 Å². The van der Waals surface area contributed by atoms with Crippen molar-refractivity contribution in [2.75, 3.05) is 13.2 Å². The minimum atomic E-state index is -1.60. The monoisotopic (exact) mass is 385 g/mol. The zero-order chi connectivity index (χ0) is 20.2. The Bertz CT molecular complexity index is 365. The van der Waals surface area contributed by atoms with Crippen molar-refractivity contribution < 1.29 is 19.4 Å². The molecule has 27 heavy (non-hydrogen) atoms. The van der Waals surface area contributed by atoms with Crippen LogP contribution in [0.2, 0.25) is 0 Å². The predicted molar refractivity (Wildman–Crippen MR) is 111 cm³/mol. The molecule has 5 nitrogen and oxygen atoms in total. The molecule has 0 fully saturated rings. The van der Waals surface area contributed by atoms with Crippen molar-refractivity contribution in [3.8, 4) is 0 Å². The molecule has 0 heterocycles. The first-order chi connectivity index (χ1) is 13.1. The molecule has 0 aliphatic carbocycles. The lowest BCUT2D eigenvalue weighted by molar-refractivity contribution is -1.16. The Morgan fingerprint density at radius 2 is 1.19 bits per heavy atom. The van der Waals surface area contributed by atoms with Gasteiger partial charge in [-0.15, -0.1) is 0 Å². The third-order valence-electron chi connectivity index (χ3n) is 4.56. The highest BCUT2D eigenvalue weighted by molar-refractivity contribution is 5.67. The predicted octanol–water partition coefficient (Wildman–Crippen LogP) is 6.77. The lowest BCUT2D eigenvalue weighted by Gasteiger charge is -2.31. The third kappa shape index (κ3) is 14.9. The molecule has 0 bridgehead atoms. The number of carbonyl (C=O) groups is 1. The van der Waals surface area contributed by atoms with Gasteiger partial charge >= 0.3 is 5.91 Å². The molecular weight excluding hydrogens is 342 g/mol. The van der Waals surface area contributed by atoms with Crippen LogP contribution in [0.5, 0.6) is 0 Å². The first kappa shape index (κ1) is 26.2. The van der Waals surface area contributed by atoms with E-state index in [2.05, 4.69) is 19.1 Å². The fraction of sp³-hybridized carbons (Fsp3) is 0.864. The van der Waals surface area contributed by atoms with Gasteiger partial charge in [0, 0.05) is 0 Å². The maximum absolute atomic E-state index is 12.1. The van der Waals surface area contributed by atoms with E-state index in [1.165, 1.54) is 57.8 Å². The standard InChI is InChI=1S/C22H43NO4/c1-4-7-8-9-10-11-12-13-14-15-16-17-18-19-20-21-22(24)23(25,26-5-2)27-6-3/h13-14H,4-12,15-21H2,1-3H3/b14-13-. The van der Waals surface area contributed by atoms with Crippen molar-refractivity contribution in [1.29, 1.82) is 0 Å². The molecule has 0 saturated carbocycles. The van der Waals surface area contributed by atoms with E-state index >= 15 is 0 Å². The van der Waals surface area contributed by atoms with Crippen LogP contribution < -0.4 is 0 Å². The largest absolute Gasteiger partial charge is 0.556 e. The molecule has 0 aliphatic rings. The minimum Gasteiger partial charge on any atom is -0.556 e. The summed E-state index contributed by atoms with van der Waals surface area (Å²) < 4.78 is 0. The van der Waals surface area contributed by atoms with Crippen LogP contribution in [0.1, 0.15) is 111 Å². The van der Waals surface area contributed by atoms with E-state index in [-0.39, 0.29) is 19.6 Å². The Kier molecular flexibility index (Phi) is 18.1. The van der Waals surface area contributed by atoms with Gasteiger partial charge in [-0.3, -0.25) is 0 Å². The molecule has 0 aromatic heterocycles. The van der Waals surface area contributed by atoms with Gasteiger partial charge in [-0.2, -0.15) is 9.68 Å². The van der Waals surface area contributed by atoms with E-state index in [0.29, 0.717) is 0 Å². The van der Waals surface area contributed by atoms with Gasteiger partial charge in [0.05, 0.1) is 6.42 Å². The SMILES string of the molecule is CCCCCCCC/C=C\CCCCCCCC(=O)[N+]([O-])(OCC)OCC. The summed E-state index contributed by atoms with van der Waals surface area (Å²) in [4.78, 5) is 20.2. The molecule has 0 aliphatic heterocycles. The third-order valence-corrected chi connectivity index (χ3v) is 4.56. The second-order valence-corrected chi connectivity index (χ2v) is 7.06. The van der Waals surface area contributed by atoms with Gasteiger partial charge in [-0.25, -0.2) is 4.79 Å². The van der Waals surface area contributed by atoms with Gasteiger partial charge in [0.15, 0.2) is 0 Å². The van der Waals surface area contributed by atoms with Gasteiger partial charge in [-0.05, 0) is 50.9 Å². The van der Waals surface area contributed by atoms with Crippen molar-refractivity contribution in [1.82, 2.24) is 0 Å². The lowest BCUT2D eigenvalue weighted by atomic mass is 10.1. The summed E-state index contributed by atoms with van der Waals surface area (Å²) in [6, 6.07) is 0. The molecule has 1 amide bonds. The van der Waals surface area contributed by atoms with Crippen molar-refractivity contribution >= 4 is 5.91 Å².